The standard InChI is InChI=1S/C14H17NO4/c1-8(2)11-5-4-10-12(19-11)6-9(3)15(14(10)18)7-13(16)17/h4-6,8,11H,7H2,1-3H3,(H,16,17). The van der Waals surface area contributed by atoms with Gasteiger partial charge in [0.25, 0.3) is 5.56 Å². The lowest BCUT2D eigenvalue weighted by Gasteiger charge is -2.25. The number of aliphatic carboxylic acids is 1. The topological polar surface area (TPSA) is 68.5 Å². The second-order valence-corrected chi connectivity index (χ2v) is 5.03. The molecule has 0 spiro atoms. The van der Waals surface area contributed by atoms with E-state index in [9.17, 15) is 9.59 Å². The van der Waals surface area contributed by atoms with Crippen LogP contribution < -0.4 is 10.3 Å². The molecule has 1 N–H and O–H groups in total. The third-order valence-corrected chi connectivity index (χ3v) is 3.17. The van der Waals surface area contributed by atoms with Crippen LogP contribution in [0.1, 0.15) is 25.1 Å². The number of aryl methyl sites for hydroxylation is 1. The molecular formula is C14H17NO4. The number of nitrogens with zero attached hydrogens (tertiary/aromatic N) is 1. The number of pyridine rings is 1. The zero-order valence-electron chi connectivity index (χ0n) is 11.2. The Morgan fingerprint density at radius 2 is 2.21 bits per heavy atom. The van der Waals surface area contributed by atoms with E-state index in [-0.39, 0.29) is 18.2 Å². The van der Waals surface area contributed by atoms with Crippen LogP contribution in [-0.4, -0.2) is 21.7 Å². The van der Waals surface area contributed by atoms with Gasteiger partial charge in [0.05, 0.1) is 5.56 Å². The fourth-order valence-electron chi connectivity index (χ4n) is 2.07. The van der Waals surface area contributed by atoms with Crippen molar-refractivity contribution in [2.45, 2.75) is 33.4 Å². The van der Waals surface area contributed by atoms with Crippen molar-refractivity contribution in [1.82, 2.24) is 4.57 Å². The van der Waals surface area contributed by atoms with Crippen LogP contribution in [-0.2, 0) is 11.3 Å². The maximum Gasteiger partial charge on any atom is 0.323 e. The van der Waals surface area contributed by atoms with Crippen LogP contribution in [0.4, 0.5) is 0 Å². The van der Waals surface area contributed by atoms with Crippen molar-refractivity contribution in [2.75, 3.05) is 0 Å². The molecular weight excluding hydrogens is 246 g/mol. The van der Waals surface area contributed by atoms with E-state index in [1.54, 1.807) is 19.1 Å². The highest BCUT2D eigenvalue weighted by atomic mass is 16.5. The summed E-state index contributed by atoms with van der Waals surface area (Å²) in [6.07, 6.45) is 3.51. The molecule has 102 valence electrons. The fourth-order valence-corrected chi connectivity index (χ4v) is 2.07. The lowest BCUT2D eigenvalue weighted by atomic mass is 10.0. The van der Waals surface area contributed by atoms with Crippen molar-refractivity contribution in [3.8, 4) is 5.75 Å². The van der Waals surface area contributed by atoms with E-state index in [2.05, 4.69) is 0 Å². The molecule has 1 aromatic heterocycles. The van der Waals surface area contributed by atoms with E-state index in [4.69, 9.17) is 9.84 Å². The molecule has 1 aliphatic heterocycles. The van der Waals surface area contributed by atoms with E-state index >= 15 is 0 Å². The third kappa shape index (κ3) is 2.54. The monoisotopic (exact) mass is 263 g/mol. The highest BCUT2D eigenvalue weighted by Crippen LogP contribution is 2.26. The van der Waals surface area contributed by atoms with Gasteiger partial charge in [-0.15, -0.1) is 0 Å². The summed E-state index contributed by atoms with van der Waals surface area (Å²) in [4.78, 5) is 23.0. The average molecular weight is 263 g/mol. The van der Waals surface area contributed by atoms with Crippen LogP contribution >= 0.6 is 0 Å². The molecule has 0 fully saturated rings. The Morgan fingerprint density at radius 3 is 2.79 bits per heavy atom. The van der Waals surface area contributed by atoms with Crippen molar-refractivity contribution < 1.29 is 14.6 Å². The first-order valence-electron chi connectivity index (χ1n) is 6.21. The molecule has 0 aliphatic carbocycles. The SMILES string of the molecule is Cc1cc2c(c(=O)n1CC(=O)O)C=CC(C(C)C)O2. The van der Waals surface area contributed by atoms with Gasteiger partial charge >= 0.3 is 5.97 Å². The minimum Gasteiger partial charge on any atom is -0.485 e. The largest absolute Gasteiger partial charge is 0.485 e. The molecule has 0 saturated heterocycles. The number of hydrogen-bond donors (Lipinski definition) is 1. The minimum atomic E-state index is -1.04. The van der Waals surface area contributed by atoms with Crippen molar-refractivity contribution in [2.24, 2.45) is 5.92 Å². The first kappa shape index (κ1) is 13.4. The maximum absolute atomic E-state index is 12.2. The van der Waals surface area contributed by atoms with Crippen molar-refractivity contribution in [1.29, 1.82) is 0 Å². The molecule has 0 bridgehead atoms. The molecule has 5 nitrogen and oxygen atoms in total. The first-order chi connectivity index (χ1) is 8.90. The maximum atomic E-state index is 12.2. The van der Waals surface area contributed by atoms with Gasteiger partial charge in [0.2, 0.25) is 0 Å². The average Bonchev–Trinajstić information content (AvgIpc) is 2.33. The Bertz CT molecular complexity index is 598. The number of fused-ring (bicyclic) bond motifs is 1. The molecule has 1 unspecified atom stereocenters. The van der Waals surface area contributed by atoms with Crippen LogP contribution in [0.25, 0.3) is 6.08 Å². The van der Waals surface area contributed by atoms with Gasteiger partial charge in [-0.3, -0.25) is 9.59 Å². The molecule has 1 aromatic rings. The number of ether oxygens (including phenoxy) is 1. The second-order valence-electron chi connectivity index (χ2n) is 5.03. The van der Waals surface area contributed by atoms with Gasteiger partial charge in [0.15, 0.2) is 0 Å². The van der Waals surface area contributed by atoms with Crippen molar-refractivity contribution in [3.63, 3.8) is 0 Å². The third-order valence-electron chi connectivity index (χ3n) is 3.17. The van der Waals surface area contributed by atoms with Crippen LogP contribution in [0.5, 0.6) is 5.75 Å². The Labute approximate surface area is 111 Å². The number of carbonyl (C=O) groups is 1. The molecule has 0 aromatic carbocycles. The van der Waals surface area contributed by atoms with Crippen molar-refractivity contribution in [3.05, 3.63) is 33.8 Å². The highest BCUT2D eigenvalue weighted by Gasteiger charge is 2.22. The number of hydrogen-bond acceptors (Lipinski definition) is 3. The zero-order valence-corrected chi connectivity index (χ0v) is 11.2. The van der Waals surface area contributed by atoms with Gasteiger partial charge in [0, 0.05) is 11.8 Å². The van der Waals surface area contributed by atoms with Crippen LogP contribution in [0.15, 0.2) is 16.9 Å². The van der Waals surface area contributed by atoms with Gasteiger partial charge in [-0.05, 0) is 25.0 Å². The Morgan fingerprint density at radius 1 is 1.53 bits per heavy atom. The van der Waals surface area contributed by atoms with Gasteiger partial charge in [-0.2, -0.15) is 0 Å². The summed E-state index contributed by atoms with van der Waals surface area (Å²) in [7, 11) is 0. The van der Waals surface area contributed by atoms with Gasteiger partial charge in [0.1, 0.15) is 18.4 Å². The second kappa shape index (κ2) is 4.91. The predicted molar refractivity (Wildman–Crippen MR) is 71.4 cm³/mol. The number of carboxylic acids is 1. The summed E-state index contributed by atoms with van der Waals surface area (Å²) in [5.41, 5.74) is 0.684. The zero-order chi connectivity index (χ0) is 14.2. The van der Waals surface area contributed by atoms with Crippen LogP contribution in [0, 0.1) is 12.8 Å². The lowest BCUT2D eigenvalue weighted by molar-refractivity contribution is -0.137. The molecule has 1 aliphatic rings. The number of aromatic nitrogens is 1. The van der Waals surface area contributed by atoms with Gasteiger partial charge < -0.3 is 14.4 Å². The molecule has 1 atom stereocenters. The predicted octanol–water partition coefficient (Wildman–Crippen LogP) is 1.67. The quantitative estimate of drug-likeness (QED) is 0.900. The van der Waals surface area contributed by atoms with Crippen molar-refractivity contribution >= 4 is 12.0 Å². The Hall–Kier alpha value is -2.04. The summed E-state index contributed by atoms with van der Waals surface area (Å²) < 4.78 is 7.01. The summed E-state index contributed by atoms with van der Waals surface area (Å²) in [5, 5.41) is 8.83. The molecule has 2 heterocycles. The summed E-state index contributed by atoms with van der Waals surface area (Å²) in [6.45, 7) is 5.45. The van der Waals surface area contributed by atoms with Gasteiger partial charge in [-0.25, -0.2) is 0 Å². The molecule has 0 amide bonds. The van der Waals surface area contributed by atoms with E-state index in [0.717, 1.165) is 0 Å². The molecule has 2 rings (SSSR count). The first-order valence-corrected chi connectivity index (χ1v) is 6.21. The fraction of sp³-hybridized carbons (Fsp3) is 0.429. The molecule has 0 radical (unpaired) electrons. The van der Waals surface area contributed by atoms with E-state index in [1.807, 2.05) is 19.9 Å². The lowest BCUT2D eigenvalue weighted by Crippen LogP contribution is -2.31. The Kier molecular flexibility index (Phi) is 3.46. The van der Waals surface area contributed by atoms with Gasteiger partial charge in [-0.1, -0.05) is 13.8 Å². The molecule has 19 heavy (non-hydrogen) atoms. The smallest absolute Gasteiger partial charge is 0.323 e. The normalized spacial score (nSPS) is 17.2. The number of carboxylic acid groups (broad SMARTS) is 1. The van der Waals surface area contributed by atoms with Crippen LogP contribution in [0.2, 0.25) is 0 Å². The minimum absolute atomic E-state index is 0.0541. The summed E-state index contributed by atoms with van der Waals surface area (Å²) in [6, 6.07) is 1.72. The summed E-state index contributed by atoms with van der Waals surface area (Å²) >= 11 is 0. The Balaban J connectivity index is 2.48. The van der Waals surface area contributed by atoms with Crippen LogP contribution in [0.3, 0.4) is 0 Å². The summed E-state index contributed by atoms with van der Waals surface area (Å²) in [5.74, 6) is -0.192. The molecule has 0 saturated carbocycles. The molecule has 5 heteroatoms. The van der Waals surface area contributed by atoms with E-state index < -0.39 is 5.97 Å². The van der Waals surface area contributed by atoms with E-state index in [0.29, 0.717) is 22.9 Å². The van der Waals surface area contributed by atoms with E-state index in [1.165, 1.54) is 4.57 Å². The highest BCUT2D eigenvalue weighted by molar-refractivity contribution is 5.67. The number of rotatable bonds is 3.